The Morgan fingerprint density at radius 1 is 1.44 bits per heavy atom. The first-order chi connectivity index (χ1) is 8.70. The maximum Gasteiger partial charge on any atom is 0.246 e. The van der Waals surface area contributed by atoms with E-state index < -0.39 is 0 Å². The van der Waals surface area contributed by atoms with Gasteiger partial charge in [-0.3, -0.25) is 10.1 Å². The molecule has 2 aromatic rings. The zero-order chi connectivity index (χ0) is 13.0. The number of rotatable bonds is 4. The molecular weight excluding hydrogens is 230 g/mol. The first-order valence-electron chi connectivity index (χ1n) is 5.65. The number of hydrogen-bond acceptors (Lipinski definition) is 3. The van der Waals surface area contributed by atoms with E-state index in [0.717, 1.165) is 11.3 Å². The molecule has 0 aliphatic heterocycles. The van der Waals surface area contributed by atoms with Gasteiger partial charge in [0.15, 0.2) is 0 Å². The fourth-order valence-electron chi connectivity index (χ4n) is 1.62. The van der Waals surface area contributed by atoms with E-state index in [0.29, 0.717) is 6.42 Å². The van der Waals surface area contributed by atoms with E-state index in [1.807, 2.05) is 36.5 Å². The molecule has 0 saturated heterocycles. The van der Waals surface area contributed by atoms with E-state index in [9.17, 15) is 10.1 Å². The summed E-state index contributed by atoms with van der Waals surface area (Å²) < 4.78 is 1.74. The van der Waals surface area contributed by atoms with Crippen LogP contribution in [0.1, 0.15) is 18.9 Å². The predicted molar refractivity (Wildman–Crippen MR) is 68.8 cm³/mol. The third-order valence-electron chi connectivity index (χ3n) is 2.59. The summed E-state index contributed by atoms with van der Waals surface area (Å²) >= 11 is 0. The molecule has 0 aliphatic rings. The highest BCUT2D eigenvalue weighted by Gasteiger charge is 2.06. The van der Waals surface area contributed by atoms with Crippen molar-refractivity contribution in [2.24, 2.45) is 0 Å². The quantitative estimate of drug-likeness (QED) is 0.612. The number of hydrogen-bond donors (Lipinski definition) is 0. The Hall–Kier alpha value is -2.43. The van der Waals surface area contributed by atoms with Crippen LogP contribution < -0.4 is 0 Å². The van der Waals surface area contributed by atoms with Crippen LogP contribution in [-0.2, 0) is 0 Å². The van der Waals surface area contributed by atoms with Crippen LogP contribution in [-0.4, -0.2) is 14.7 Å². The molecule has 92 valence electrons. The van der Waals surface area contributed by atoms with Gasteiger partial charge in [-0.15, -0.1) is 0 Å². The largest absolute Gasteiger partial charge is 0.259 e. The van der Waals surface area contributed by atoms with Gasteiger partial charge in [0.1, 0.15) is 0 Å². The molecular formula is C13H13N3O2. The Morgan fingerprint density at radius 3 is 2.67 bits per heavy atom. The number of nitrogens with zero attached hydrogens (tertiary/aromatic N) is 3. The lowest BCUT2D eigenvalue weighted by Crippen LogP contribution is -1.97. The van der Waals surface area contributed by atoms with Gasteiger partial charge in [-0.1, -0.05) is 19.1 Å². The number of nitro groups is 1. The van der Waals surface area contributed by atoms with E-state index in [1.165, 1.54) is 0 Å². The summed E-state index contributed by atoms with van der Waals surface area (Å²) in [6.07, 6.45) is 5.55. The van der Waals surface area contributed by atoms with E-state index >= 15 is 0 Å². The van der Waals surface area contributed by atoms with Crippen LogP contribution in [0.2, 0.25) is 0 Å². The van der Waals surface area contributed by atoms with Crippen LogP contribution >= 0.6 is 0 Å². The molecule has 2 rings (SSSR count). The Kier molecular flexibility index (Phi) is 3.52. The highest BCUT2D eigenvalue weighted by molar-refractivity contribution is 5.53. The van der Waals surface area contributed by atoms with Gasteiger partial charge in [0, 0.05) is 24.9 Å². The lowest BCUT2D eigenvalue weighted by Gasteiger charge is -2.01. The zero-order valence-electron chi connectivity index (χ0n) is 9.98. The van der Waals surface area contributed by atoms with Gasteiger partial charge >= 0.3 is 0 Å². The first kappa shape index (κ1) is 12.0. The number of aromatic nitrogens is 2. The van der Waals surface area contributed by atoms with Crippen LogP contribution in [0, 0.1) is 10.1 Å². The summed E-state index contributed by atoms with van der Waals surface area (Å²) in [7, 11) is 0. The summed E-state index contributed by atoms with van der Waals surface area (Å²) in [4.78, 5) is 10.4. The molecule has 0 spiro atoms. The predicted octanol–water partition coefficient (Wildman–Crippen LogP) is 2.90. The molecule has 0 aliphatic carbocycles. The van der Waals surface area contributed by atoms with Crippen molar-refractivity contribution >= 4 is 6.08 Å². The molecule has 0 amide bonds. The summed E-state index contributed by atoms with van der Waals surface area (Å²) in [6.45, 7) is 1.77. The van der Waals surface area contributed by atoms with E-state index in [2.05, 4.69) is 5.10 Å². The molecule has 0 radical (unpaired) electrons. The Bertz CT molecular complexity index is 556. The summed E-state index contributed by atoms with van der Waals surface area (Å²) in [5, 5.41) is 14.8. The Labute approximate surface area is 105 Å². The lowest BCUT2D eigenvalue weighted by atomic mass is 10.1. The minimum Gasteiger partial charge on any atom is -0.259 e. The van der Waals surface area contributed by atoms with Gasteiger partial charge in [-0.25, -0.2) is 4.68 Å². The maximum absolute atomic E-state index is 10.7. The van der Waals surface area contributed by atoms with Gasteiger partial charge in [-0.2, -0.15) is 5.10 Å². The summed E-state index contributed by atoms with van der Waals surface area (Å²) in [6, 6.07) is 9.29. The SMILES string of the molecule is CCC(=Cc1ccc(-n2cccn2)cc1)[N+](=O)[O-]. The van der Waals surface area contributed by atoms with Crippen molar-refractivity contribution in [3.8, 4) is 5.69 Å². The van der Waals surface area contributed by atoms with Gasteiger partial charge in [0.05, 0.1) is 10.6 Å². The molecule has 0 bridgehead atoms. The standard InChI is InChI=1S/C13H13N3O2/c1-2-12(16(17)18)10-11-4-6-13(7-5-11)15-9-3-8-14-15/h3-10H,2H2,1H3. The normalized spacial score (nSPS) is 11.5. The van der Waals surface area contributed by atoms with Crippen LogP contribution in [0.5, 0.6) is 0 Å². The van der Waals surface area contributed by atoms with E-state index in [1.54, 1.807) is 23.9 Å². The topological polar surface area (TPSA) is 61.0 Å². The summed E-state index contributed by atoms with van der Waals surface area (Å²) in [5.41, 5.74) is 1.96. The Balaban J connectivity index is 2.25. The van der Waals surface area contributed by atoms with Crippen LogP contribution in [0.4, 0.5) is 0 Å². The van der Waals surface area contributed by atoms with Gasteiger partial charge < -0.3 is 0 Å². The highest BCUT2D eigenvalue weighted by Crippen LogP contribution is 2.13. The zero-order valence-corrected chi connectivity index (χ0v) is 9.98. The molecule has 18 heavy (non-hydrogen) atoms. The van der Waals surface area contributed by atoms with Crippen LogP contribution in [0.15, 0.2) is 48.4 Å². The third kappa shape index (κ3) is 2.63. The number of benzene rings is 1. The fourth-order valence-corrected chi connectivity index (χ4v) is 1.62. The average Bonchev–Trinajstić information content (AvgIpc) is 2.90. The van der Waals surface area contributed by atoms with Gasteiger partial charge in [0.25, 0.3) is 0 Å². The molecule has 1 aromatic carbocycles. The Morgan fingerprint density at radius 2 is 2.17 bits per heavy atom. The van der Waals surface area contributed by atoms with Crippen molar-refractivity contribution in [1.29, 1.82) is 0 Å². The van der Waals surface area contributed by atoms with Gasteiger partial charge in [-0.05, 0) is 23.8 Å². The monoisotopic (exact) mass is 243 g/mol. The first-order valence-corrected chi connectivity index (χ1v) is 5.65. The second kappa shape index (κ2) is 5.27. The third-order valence-corrected chi connectivity index (χ3v) is 2.59. The number of allylic oxidation sites excluding steroid dienone is 1. The van der Waals surface area contributed by atoms with Crippen LogP contribution in [0.25, 0.3) is 11.8 Å². The van der Waals surface area contributed by atoms with E-state index in [-0.39, 0.29) is 10.6 Å². The molecule has 5 nitrogen and oxygen atoms in total. The van der Waals surface area contributed by atoms with Gasteiger partial charge in [0.2, 0.25) is 5.70 Å². The average molecular weight is 243 g/mol. The van der Waals surface area contributed by atoms with Crippen molar-refractivity contribution in [3.63, 3.8) is 0 Å². The smallest absolute Gasteiger partial charge is 0.246 e. The molecule has 1 heterocycles. The fraction of sp³-hybridized carbons (Fsp3) is 0.154. The summed E-state index contributed by atoms with van der Waals surface area (Å²) in [5.74, 6) is 0. The molecule has 1 aromatic heterocycles. The maximum atomic E-state index is 10.7. The van der Waals surface area contributed by atoms with E-state index in [4.69, 9.17) is 0 Å². The van der Waals surface area contributed by atoms with Crippen molar-refractivity contribution in [2.45, 2.75) is 13.3 Å². The molecule has 0 saturated carbocycles. The van der Waals surface area contributed by atoms with Crippen molar-refractivity contribution < 1.29 is 4.92 Å². The van der Waals surface area contributed by atoms with Crippen molar-refractivity contribution in [3.05, 3.63) is 64.1 Å². The van der Waals surface area contributed by atoms with Crippen LogP contribution in [0.3, 0.4) is 0 Å². The second-order valence-corrected chi connectivity index (χ2v) is 3.79. The van der Waals surface area contributed by atoms with Crippen molar-refractivity contribution in [1.82, 2.24) is 9.78 Å². The minimum atomic E-state index is -0.346. The molecule has 0 fully saturated rings. The van der Waals surface area contributed by atoms with Crippen molar-refractivity contribution in [2.75, 3.05) is 0 Å². The minimum absolute atomic E-state index is 0.210. The molecule has 0 atom stereocenters. The highest BCUT2D eigenvalue weighted by atomic mass is 16.6. The second-order valence-electron chi connectivity index (χ2n) is 3.79. The molecule has 0 unspecified atom stereocenters. The molecule has 5 heteroatoms. The molecule has 0 N–H and O–H groups in total. The lowest BCUT2D eigenvalue weighted by molar-refractivity contribution is -0.425.